The van der Waals surface area contributed by atoms with Crippen LogP contribution in [0, 0.1) is 0 Å². The third-order valence-corrected chi connectivity index (χ3v) is 4.45. The molecule has 25 heavy (non-hydrogen) atoms. The molecule has 0 atom stereocenters. The summed E-state index contributed by atoms with van der Waals surface area (Å²) in [4.78, 5) is 12.3. The lowest BCUT2D eigenvalue weighted by molar-refractivity contribution is 0.0755. The lowest BCUT2D eigenvalue weighted by Gasteiger charge is -2.40. The average Bonchev–Trinajstić information content (AvgIpc) is 3.27. The van der Waals surface area contributed by atoms with Gasteiger partial charge >= 0.3 is 0 Å². The van der Waals surface area contributed by atoms with Crippen molar-refractivity contribution < 1.29 is 14.4 Å². The van der Waals surface area contributed by atoms with Gasteiger partial charge in [-0.15, -0.1) is 5.53 Å². The van der Waals surface area contributed by atoms with Crippen molar-refractivity contribution in [3.63, 3.8) is 0 Å². The highest BCUT2D eigenvalue weighted by molar-refractivity contribution is 5.93. The van der Waals surface area contributed by atoms with Gasteiger partial charge in [0, 0.05) is 23.9 Å². The van der Waals surface area contributed by atoms with Gasteiger partial charge in [0.2, 0.25) is 0 Å². The number of hydrogen-bond acceptors (Lipinski definition) is 7. The van der Waals surface area contributed by atoms with E-state index in [0.29, 0.717) is 5.76 Å². The van der Waals surface area contributed by atoms with Gasteiger partial charge in [-0.05, 0) is 12.8 Å². The zero-order valence-corrected chi connectivity index (χ0v) is 13.5. The fraction of sp³-hybridized carbons (Fsp3) is 0.294. The number of hydrogen-bond donors (Lipinski definition) is 4. The predicted molar refractivity (Wildman–Crippen MR) is 89.5 cm³/mol. The molecular weight excluding hydrogens is 322 g/mol. The largest absolute Gasteiger partial charge is 0.390 e. The van der Waals surface area contributed by atoms with Gasteiger partial charge in [-0.2, -0.15) is 0 Å². The van der Waals surface area contributed by atoms with E-state index >= 15 is 0 Å². The summed E-state index contributed by atoms with van der Waals surface area (Å²) in [5, 5.41) is 17.8. The van der Waals surface area contributed by atoms with Crippen LogP contribution in [-0.2, 0) is 0 Å². The first-order chi connectivity index (χ1) is 12.2. The maximum atomic E-state index is 12.3. The van der Waals surface area contributed by atoms with E-state index in [4.69, 9.17) is 9.63 Å². The Balaban J connectivity index is 1.31. The van der Waals surface area contributed by atoms with Crippen molar-refractivity contribution in [2.24, 2.45) is 0 Å². The Morgan fingerprint density at radius 3 is 2.88 bits per heavy atom. The van der Waals surface area contributed by atoms with Gasteiger partial charge in [0.15, 0.2) is 11.5 Å². The zero-order chi connectivity index (χ0) is 17.2. The number of nitrogens with zero attached hydrogens (tertiary/aromatic N) is 2. The first-order valence-corrected chi connectivity index (χ1v) is 8.17. The normalized spacial score (nSPS) is 22.1. The summed E-state index contributed by atoms with van der Waals surface area (Å²) >= 11 is 0. The van der Waals surface area contributed by atoms with Crippen molar-refractivity contribution in [1.29, 1.82) is 0 Å². The highest BCUT2D eigenvalue weighted by atomic mass is 16.5. The molecule has 130 valence electrons. The minimum atomic E-state index is -0.228. The molecule has 1 saturated carbocycles. The molecule has 8 heteroatoms. The van der Waals surface area contributed by atoms with E-state index in [1.165, 1.54) is 0 Å². The summed E-state index contributed by atoms with van der Waals surface area (Å²) in [6.45, 7) is -0.0354. The lowest BCUT2D eigenvalue weighted by Crippen LogP contribution is -2.56. The minimum absolute atomic E-state index is 0.0354. The molecule has 2 heterocycles. The fourth-order valence-electron chi connectivity index (χ4n) is 2.96. The molecule has 1 aliphatic heterocycles. The Bertz CT molecular complexity index is 783. The first-order valence-electron chi connectivity index (χ1n) is 8.17. The third-order valence-electron chi connectivity index (χ3n) is 4.45. The molecule has 4 rings (SSSR count). The van der Waals surface area contributed by atoms with Crippen LogP contribution in [0.1, 0.15) is 23.3 Å². The molecule has 1 aromatic heterocycles. The van der Waals surface area contributed by atoms with Crippen molar-refractivity contribution in [3.8, 4) is 11.3 Å². The highest BCUT2D eigenvalue weighted by Crippen LogP contribution is 2.27. The minimum Gasteiger partial charge on any atom is -0.390 e. The standard InChI is InChI=1S/C17H19N5O3/c23-10-13-9-22(21-19-13)14-6-12(7-14)18-17(24)15-8-16(25-20-15)11-4-2-1-3-5-11/h1-5,8-9,12,14,19,21,23H,6-7,10H2,(H,18,24). The molecule has 0 unspecified atom stereocenters. The first kappa shape index (κ1) is 15.7. The smallest absolute Gasteiger partial charge is 0.273 e. The van der Waals surface area contributed by atoms with Crippen molar-refractivity contribution >= 4 is 5.91 Å². The van der Waals surface area contributed by atoms with Crippen LogP contribution in [0.2, 0.25) is 0 Å². The van der Waals surface area contributed by atoms with Crippen LogP contribution in [-0.4, -0.2) is 39.9 Å². The predicted octanol–water partition coefficient (Wildman–Crippen LogP) is 0.761. The quantitative estimate of drug-likeness (QED) is 0.637. The van der Waals surface area contributed by atoms with Crippen molar-refractivity contribution in [3.05, 3.63) is 54.0 Å². The number of amides is 1. The van der Waals surface area contributed by atoms with Gasteiger partial charge < -0.3 is 20.4 Å². The molecule has 2 aliphatic rings. The molecule has 4 N–H and O–H groups in total. The summed E-state index contributed by atoms with van der Waals surface area (Å²) in [5.74, 6) is 0.347. The Labute approximate surface area is 144 Å². The van der Waals surface area contributed by atoms with E-state index in [2.05, 4.69) is 21.4 Å². The van der Waals surface area contributed by atoms with Crippen LogP contribution in [0.4, 0.5) is 0 Å². The Hall–Kier alpha value is -2.84. The third kappa shape index (κ3) is 3.21. The summed E-state index contributed by atoms with van der Waals surface area (Å²) in [5.41, 5.74) is 7.75. The SMILES string of the molecule is O=C(NC1CC(N2C=C(CO)NN2)C1)c1cc(-c2ccccc2)on1. The van der Waals surface area contributed by atoms with Crippen LogP contribution < -0.4 is 16.3 Å². The number of carbonyl (C=O) groups excluding carboxylic acids is 1. The van der Waals surface area contributed by atoms with E-state index in [9.17, 15) is 4.79 Å². The number of nitrogens with one attached hydrogen (secondary N) is 3. The van der Waals surface area contributed by atoms with Crippen LogP contribution in [0.3, 0.4) is 0 Å². The van der Waals surface area contributed by atoms with Gasteiger partial charge in [0.1, 0.15) is 0 Å². The van der Waals surface area contributed by atoms with Gasteiger partial charge in [0.05, 0.1) is 18.3 Å². The van der Waals surface area contributed by atoms with Crippen LogP contribution in [0.5, 0.6) is 0 Å². The van der Waals surface area contributed by atoms with Crippen molar-refractivity contribution in [1.82, 2.24) is 26.4 Å². The molecule has 1 amide bonds. The van der Waals surface area contributed by atoms with E-state index < -0.39 is 0 Å². The lowest BCUT2D eigenvalue weighted by atomic mass is 9.86. The van der Waals surface area contributed by atoms with Crippen LogP contribution in [0.15, 0.2) is 52.8 Å². The van der Waals surface area contributed by atoms with Gasteiger partial charge in [-0.3, -0.25) is 9.80 Å². The van der Waals surface area contributed by atoms with Crippen molar-refractivity contribution in [2.75, 3.05) is 6.61 Å². The van der Waals surface area contributed by atoms with Gasteiger partial charge in [-0.1, -0.05) is 35.5 Å². The number of hydrazine groups is 2. The Kier molecular flexibility index (Phi) is 4.12. The topological polar surface area (TPSA) is 103 Å². The highest BCUT2D eigenvalue weighted by Gasteiger charge is 2.35. The summed E-state index contributed by atoms with van der Waals surface area (Å²) < 4.78 is 5.26. The average molecular weight is 341 g/mol. The number of aromatic nitrogens is 1. The number of rotatable bonds is 5. The number of aliphatic hydroxyl groups excluding tert-OH is 1. The second-order valence-electron chi connectivity index (χ2n) is 6.19. The molecule has 0 saturated heterocycles. The van der Waals surface area contributed by atoms with Gasteiger partial charge in [0.25, 0.3) is 5.91 Å². The number of carbonyl (C=O) groups is 1. The van der Waals surface area contributed by atoms with E-state index in [0.717, 1.165) is 24.1 Å². The van der Waals surface area contributed by atoms with Gasteiger partial charge in [-0.25, -0.2) is 0 Å². The number of benzene rings is 1. The number of aliphatic hydroxyl groups is 1. The molecule has 8 nitrogen and oxygen atoms in total. The van der Waals surface area contributed by atoms with E-state index in [1.807, 2.05) is 41.5 Å². The summed E-state index contributed by atoms with van der Waals surface area (Å²) in [6.07, 6.45) is 3.48. The maximum absolute atomic E-state index is 12.3. The molecular formula is C17H19N5O3. The molecule has 1 aromatic carbocycles. The second kappa shape index (κ2) is 6.58. The molecule has 1 aliphatic carbocycles. The van der Waals surface area contributed by atoms with Crippen LogP contribution in [0.25, 0.3) is 11.3 Å². The molecule has 0 spiro atoms. The fourth-order valence-corrected chi connectivity index (χ4v) is 2.96. The van der Waals surface area contributed by atoms with Crippen LogP contribution >= 0.6 is 0 Å². The molecule has 2 aromatic rings. The molecule has 0 radical (unpaired) electrons. The van der Waals surface area contributed by atoms with E-state index in [-0.39, 0.29) is 30.3 Å². The van der Waals surface area contributed by atoms with Crippen molar-refractivity contribution in [2.45, 2.75) is 24.9 Å². The Morgan fingerprint density at radius 2 is 2.16 bits per heavy atom. The summed E-state index contributed by atoms with van der Waals surface area (Å²) in [6, 6.07) is 11.6. The molecule has 0 bridgehead atoms. The second-order valence-corrected chi connectivity index (χ2v) is 6.19. The zero-order valence-electron chi connectivity index (χ0n) is 13.5. The monoisotopic (exact) mass is 341 g/mol. The molecule has 1 fully saturated rings. The van der Waals surface area contributed by atoms with E-state index in [1.54, 1.807) is 6.07 Å². The maximum Gasteiger partial charge on any atom is 0.273 e. The Morgan fingerprint density at radius 1 is 1.36 bits per heavy atom. The summed E-state index contributed by atoms with van der Waals surface area (Å²) in [7, 11) is 0.